The van der Waals surface area contributed by atoms with E-state index >= 15 is 0 Å². The van der Waals surface area contributed by atoms with Crippen molar-refractivity contribution in [1.29, 1.82) is 0 Å². The summed E-state index contributed by atoms with van der Waals surface area (Å²) in [5.74, 6) is 1.40. The first-order valence-corrected chi connectivity index (χ1v) is 13.0. The molecule has 3 aromatic rings. The monoisotopic (exact) mass is 497 g/mol. The molecular weight excluding hydrogens is 466 g/mol. The maximum absolute atomic E-state index is 14.0. The van der Waals surface area contributed by atoms with Crippen LogP contribution in [0.4, 0.5) is 10.5 Å². The lowest BCUT2D eigenvalue weighted by Gasteiger charge is -2.41. The molecule has 0 aromatic heterocycles. The molecule has 0 saturated carbocycles. The Kier molecular flexibility index (Phi) is 5.94. The number of aliphatic imine (C=N–C) groups is 1. The largest absolute Gasteiger partial charge is 0.494 e. The van der Waals surface area contributed by atoms with Gasteiger partial charge in [0.2, 0.25) is 5.96 Å². The van der Waals surface area contributed by atoms with Gasteiger partial charge in [-0.3, -0.25) is 9.69 Å². The summed E-state index contributed by atoms with van der Waals surface area (Å²) in [5, 5.41) is 2.14. The number of hydrogen-bond donors (Lipinski definition) is 0. The standard InChI is InChI=1S/C29H31N5O3/c1-3-37-23-15-13-22(14-16-23)32-17-6-7-18-33-25-26(30-28(32)33)31(2)29(36)34(27(25)35)19-21-11-8-10-20-9-4-5-12-24(20)21/h4-5,8-16,25-26H,3,6-7,17-19H2,1-2H3. The lowest BCUT2D eigenvalue weighted by atomic mass is 10.0. The number of carbonyl (C=O) groups excluding carboxylic acids is 2. The fourth-order valence-corrected chi connectivity index (χ4v) is 5.66. The van der Waals surface area contributed by atoms with Gasteiger partial charge in [-0.15, -0.1) is 0 Å². The Morgan fingerprint density at radius 2 is 1.70 bits per heavy atom. The molecule has 2 unspecified atom stereocenters. The number of hydrogen-bond acceptors (Lipinski definition) is 6. The minimum Gasteiger partial charge on any atom is -0.494 e. The van der Waals surface area contributed by atoms with E-state index in [0.29, 0.717) is 6.61 Å². The normalized spacial score (nSPS) is 21.6. The third-order valence-corrected chi connectivity index (χ3v) is 7.51. The van der Waals surface area contributed by atoms with Crippen LogP contribution in [-0.2, 0) is 11.3 Å². The first-order valence-electron chi connectivity index (χ1n) is 13.0. The molecule has 3 aromatic carbocycles. The zero-order valence-electron chi connectivity index (χ0n) is 21.2. The van der Waals surface area contributed by atoms with E-state index in [-0.39, 0.29) is 18.5 Å². The summed E-state index contributed by atoms with van der Waals surface area (Å²) in [7, 11) is 1.75. The van der Waals surface area contributed by atoms with Gasteiger partial charge in [0.15, 0.2) is 12.2 Å². The summed E-state index contributed by atoms with van der Waals surface area (Å²) in [6.45, 7) is 4.34. The number of rotatable bonds is 5. The van der Waals surface area contributed by atoms with Crippen LogP contribution < -0.4 is 9.64 Å². The summed E-state index contributed by atoms with van der Waals surface area (Å²) in [5.41, 5.74) is 1.96. The second-order valence-electron chi connectivity index (χ2n) is 9.72. The van der Waals surface area contributed by atoms with E-state index in [9.17, 15) is 9.59 Å². The van der Waals surface area contributed by atoms with Gasteiger partial charge in [-0.25, -0.2) is 9.79 Å². The van der Waals surface area contributed by atoms with Crippen molar-refractivity contribution in [1.82, 2.24) is 14.7 Å². The van der Waals surface area contributed by atoms with Gasteiger partial charge >= 0.3 is 6.03 Å². The molecule has 0 bridgehead atoms. The predicted octanol–water partition coefficient (Wildman–Crippen LogP) is 4.30. The topological polar surface area (TPSA) is 68.7 Å². The molecule has 0 aliphatic carbocycles. The van der Waals surface area contributed by atoms with Crippen LogP contribution in [-0.4, -0.2) is 71.5 Å². The fourth-order valence-electron chi connectivity index (χ4n) is 5.66. The van der Waals surface area contributed by atoms with Gasteiger partial charge in [0, 0.05) is 25.8 Å². The number of guanidine groups is 1. The molecule has 3 aliphatic heterocycles. The van der Waals surface area contributed by atoms with E-state index < -0.39 is 12.2 Å². The van der Waals surface area contributed by atoms with E-state index in [4.69, 9.17) is 9.73 Å². The molecule has 0 N–H and O–H groups in total. The SMILES string of the molecule is CCOc1ccc(N2CCCCN3C2=NC2C3C(=O)N(Cc3cccc4ccccc34)C(=O)N2C)cc1. The van der Waals surface area contributed by atoms with Gasteiger partial charge in [0.05, 0.1) is 13.2 Å². The smallest absolute Gasteiger partial charge is 0.328 e. The Morgan fingerprint density at radius 1 is 0.946 bits per heavy atom. The molecule has 0 spiro atoms. The van der Waals surface area contributed by atoms with Crippen molar-refractivity contribution in [3.8, 4) is 5.75 Å². The Morgan fingerprint density at radius 3 is 2.51 bits per heavy atom. The first kappa shape index (κ1) is 23.3. The first-order chi connectivity index (χ1) is 18.1. The molecule has 8 nitrogen and oxygen atoms in total. The maximum atomic E-state index is 14.0. The summed E-state index contributed by atoms with van der Waals surface area (Å²) >= 11 is 0. The van der Waals surface area contributed by atoms with Crippen LogP contribution in [0.1, 0.15) is 25.3 Å². The van der Waals surface area contributed by atoms with E-state index in [2.05, 4.69) is 9.80 Å². The summed E-state index contributed by atoms with van der Waals surface area (Å²) in [6.07, 6.45) is 1.40. The predicted molar refractivity (Wildman–Crippen MR) is 144 cm³/mol. The van der Waals surface area contributed by atoms with Crippen LogP contribution in [0.3, 0.4) is 0 Å². The highest BCUT2D eigenvalue weighted by molar-refractivity contribution is 6.07. The molecule has 3 heterocycles. The minimum absolute atomic E-state index is 0.187. The molecule has 0 radical (unpaired) electrons. The highest BCUT2D eigenvalue weighted by atomic mass is 16.5. The average molecular weight is 498 g/mol. The zero-order chi connectivity index (χ0) is 25.5. The van der Waals surface area contributed by atoms with Crippen molar-refractivity contribution in [2.75, 3.05) is 31.6 Å². The molecule has 2 saturated heterocycles. The number of fused-ring (bicyclic) bond motifs is 4. The second kappa shape index (κ2) is 9.42. The number of imide groups is 1. The van der Waals surface area contributed by atoms with Crippen molar-refractivity contribution in [2.45, 2.75) is 38.5 Å². The summed E-state index contributed by atoms with van der Waals surface area (Å²) in [6, 6.07) is 21.2. The Balaban J connectivity index is 1.32. The highest BCUT2D eigenvalue weighted by Crippen LogP contribution is 2.34. The van der Waals surface area contributed by atoms with Crippen molar-refractivity contribution < 1.29 is 14.3 Å². The Labute approximate surface area is 216 Å². The van der Waals surface area contributed by atoms with Crippen LogP contribution in [0.25, 0.3) is 10.8 Å². The van der Waals surface area contributed by atoms with Crippen molar-refractivity contribution >= 4 is 34.4 Å². The average Bonchev–Trinajstić information content (AvgIpc) is 3.18. The van der Waals surface area contributed by atoms with Gasteiger partial charge in [-0.1, -0.05) is 42.5 Å². The van der Waals surface area contributed by atoms with Crippen molar-refractivity contribution in [2.24, 2.45) is 4.99 Å². The number of nitrogens with zero attached hydrogens (tertiary/aromatic N) is 5. The number of carbonyl (C=O) groups is 2. The van der Waals surface area contributed by atoms with Gasteiger partial charge < -0.3 is 19.4 Å². The molecule has 37 heavy (non-hydrogen) atoms. The van der Waals surface area contributed by atoms with Crippen molar-refractivity contribution in [3.05, 3.63) is 72.3 Å². The van der Waals surface area contributed by atoms with Crippen LogP contribution in [0.2, 0.25) is 0 Å². The Hall–Kier alpha value is -4.07. The number of ether oxygens (including phenoxy) is 1. The quantitative estimate of drug-likeness (QED) is 0.526. The lowest BCUT2D eigenvalue weighted by molar-refractivity contribution is -0.138. The molecule has 2 fully saturated rings. The lowest BCUT2D eigenvalue weighted by Crippen LogP contribution is -2.65. The molecule has 190 valence electrons. The van der Waals surface area contributed by atoms with Crippen LogP contribution >= 0.6 is 0 Å². The summed E-state index contributed by atoms with van der Waals surface area (Å²) in [4.78, 5) is 39.7. The molecule has 6 rings (SSSR count). The molecular formula is C29H31N5O3. The number of urea groups is 1. The van der Waals surface area contributed by atoms with E-state index in [1.165, 1.54) is 4.90 Å². The van der Waals surface area contributed by atoms with E-state index in [1.807, 2.05) is 73.7 Å². The highest BCUT2D eigenvalue weighted by Gasteiger charge is 2.53. The fraction of sp³-hybridized carbons (Fsp3) is 0.345. The van der Waals surface area contributed by atoms with Crippen LogP contribution in [0.15, 0.2) is 71.7 Å². The molecule has 3 aliphatic rings. The maximum Gasteiger partial charge on any atom is 0.328 e. The van der Waals surface area contributed by atoms with Crippen molar-refractivity contribution in [3.63, 3.8) is 0 Å². The zero-order valence-corrected chi connectivity index (χ0v) is 21.2. The molecule has 2 atom stereocenters. The number of anilines is 1. The third-order valence-electron chi connectivity index (χ3n) is 7.51. The number of amides is 3. The minimum atomic E-state index is -0.540. The molecule has 8 heteroatoms. The second-order valence-corrected chi connectivity index (χ2v) is 9.72. The Bertz CT molecular complexity index is 1370. The van der Waals surface area contributed by atoms with Gasteiger partial charge in [-0.05, 0) is 60.4 Å². The third kappa shape index (κ3) is 3.97. The number of benzene rings is 3. The van der Waals surface area contributed by atoms with Crippen LogP contribution in [0, 0.1) is 0 Å². The van der Waals surface area contributed by atoms with Crippen LogP contribution in [0.5, 0.6) is 5.75 Å². The summed E-state index contributed by atoms with van der Waals surface area (Å²) < 4.78 is 5.61. The van der Waals surface area contributed by atoms with E-state index in [1.54, 1.807) is 11.9 Å². The molecule has 3 amide bonds. The van der Waals surface area contributed by atoms with Gasteiger partial charge in [0.1, 0.15) is 5.75 Å². The van der Waals surface area contributed by atoms with Gasteiger partial charge in [-0.2, -0.15) is 0 Å². The van der Waals surface area contributed by atoms with E-state index in [0.717, 1.165) is 59.7 Å². The number of likely N-dealkylation sites (N-methyl/N-ethyl adjacent to an activating group) is 1. The van der Waals surface area contributed by atoms with Gasteiger partial charge in [0.25, 0.3) is 5.91 Å².